The van der Waals surface area contributed by atoms with Crippen molar-refractivity contribution in [1.82, 2.24) is 4.98 Å². The second-order valence-corrected chi connectivity index (χ2v) is 9.23. The minimum atomic E-state index is -0.459. The van der Waals surface area contributed by atoms with Crippen LogP contribution in [0.25, 0.3) is 22.4 Å². The number of aryl methyl sites for hydroxylation is 2. The number of H-pyrrole nitrogens is 1. The van der Waals surface area contributed by atoms with Gasteiger partial charge in [0.15, 0.2) is 0 Å². The van der Waals surface area contributed by atoms with Crippen molar-refractivity contribution < 1.29 is 9.53 Å². The van der Waals surface area contributed by atoms with Crippen LogP contribution in [-0.2, 0) is 6.42 Å². The number of rotatable bonds is 10. The Balaban J connectivity index is 1.69. The fraction of sp³-hybridized carbons (Fsp3) is 0.250. The summed E-state index contributed by atoms with van der Waals surface area (Å²) in [4.78, 5) is 29.7. The molecule has 5 heteroatoms. The Morgan fingerprint density at radius 3 is 2.19 bits per heavy atom. The molecule has 0 aliphatic carbocycles. The second kappa shape index (κ2) is 12.2. The van der Waals surface area contributed by atoms with Gasteiger partial charge in [-0.15, -0.1) is 0 Å². The fourth-order valence-electron chi connectivity index (χ4n) is 4.33. The van der Waals surface area contributed by atoms with Crippen molar-refractivity contribution in [3.63, 3.8) is 0 Å². The number of carbonyl (C=O) groups is 1. The van der Waals surface area contributed by atoms with E-state index >= 15 is 0 Å². The third-order valence-corrected chi connectivity index (χ3v) is 6.38. The Bertz CT molecular complexity index is 1390. The number of amides is 1. The van der Waals surface area contributed by atoms with Crippen molar-refractivity contribution >= 4 is 11.6 Å². The normalized spacial score (nSPS) is 10.8. The van der Waals surface area contributed by atoms with Crippen LogP contribution in [-0.4, -0.2) is 17.5 Å². The highest BCUT2D eigenvalue weighted by molar-refractivity contribution is 6.08. The zero-order valence-electron chi connectivity index (χ0n) is 21.8. The van der Waals surface area contributed by atoms with E-state index < -0.39 is 11.5 Å². The highest BCUT2D eigenvalue weighted by Crippen LogP contribution is 2.28. The number of hydrogen-bond acceptors (Lipinski definition) is 3. The molecule has 0 aliphatic heterocycles. The van der Waals surface area contributed by atoms with Crippen molar-refractivity contribution in [2.45, 2.75) is 46.5 Å². The minimum Gasteiger partial charge on any atom is -0.494 e. The van der Waals surface area contributed by atoms with Crippen LogP contribution in [0.5, 0.6) is 5.75 Å². The summed E-state index contributed by atoms with van der Waals surface area (Å²) >= 11 is 0. The molecule has 0 radical (unpaired) electrons. The predicted octanol–water partition coefficient (Wildman–Crippen LogP) is 7.40. The molecule has 0 saturated carbocycles. The van der Waals surface area contributed by atoms with Gasteiger partial charge in [0.1, 0.15) is 11.3 Å². The van der Waals surface area contributed by atoms with Gasteiger partial charge in [0.05, 0.1) is 6.61 Å². The van der Waals surface area contributed by atoms with Crippen LogP contribution >= 0.6 is 0 Å². The van der Waals surface area contributed by atoms with Gasteiger partial charge >= 0.3 is 0 Å². The molecule has 0 spiro atoms. The Kier molecular flexibility index (Phi) is 8.57. The maximum Gasteiger partial charge on any atom is 0.261 e. The molecule has 0 unspecified atom stereocenters. The number of aromatic nitrogens is 1. The Labute approximate surface area is 218 Å². The fourth-order valence-corrected chi connectivity index (χ4v) is 4.33. The molecule has 37 heavy (non-hydrogen) atoms. The van der Waals surface area contributed by atoms with E-state index in [1.165, 1.54) is 24.8 Å². The van der Waals surface area contributed by atoms with Gasteiger partial charge in [-0.1, -0.05) is 73.9 Å². The molecule has 2 N–H and O–H groups in total. The molecular formula is C32H34N2O3. The number of hydrogen-bond donors (Lipinski definition) is 2. The van der Waals surface area contributed by atoms with Gasteiger partial charge in [0.25, 0.3) is 11.5 Å². The summed E-state index contributed by atoms with van der Waals surface area (Å²) < 4.78 is 5.48. The summed E-state index contributed by atoms with van der Waals surface area (Å²) in [6.45, 7) is 6.69. The summed E-state index contributed by atoms with van der Waals surface area (Å²) in [5, 5.41) is 2.87. The summed E-state index contributed by atoms with van der Waals surface area (Å²) in [5.74, 6) is 0.262. The van der Waals surface area contributed by atoms with Crippen LogP contribution in [0.1, 0.15) is 54.6 Å². The third-order valence-electron chi connectivity index (χ3n) is 6.38. The Hall–Kier alpha value is -4.12. The van der Waals surface area contributed by atoms with E-state index in [1.54, 1.807) is 24.3 Å². The molecule has 1 amide bonds. The monoisotopic (exact) mass is 494 g/mol. The van der Waals surface area contributed by atoms with Crippen LogP contribution in [0, 0.1) is 6.92 Å². The van der Waals surface area contributed by atoms with Gasteiger partial charge in [-0.2, -0.15) is 0 Å². The summed E-state index contributed by atoms with van der Waals surface area (Å²) in [7, 11) is 0. The lowest BCUT2D eigenvalue weighted by Gasteiger charge is -2.13. The standard InChI is InChI=1S/C32H34N2O3/c1-4-6-7-8-23-11-15-25(16-12-23)29-21-28(24-13-9-22(3)10-14-24)30(32(36)34-29)31(35)33-26-17-19-27(20-18-26)37-5-2/h9-21H,4-8H2,1-3H3,(H,33,35)(H,34,36). The van der Waals surface area contributed by atoms with Gasteiger partial charge in [0, 0.05) is 16.9 Å². The average molecular weight is 495 g/mol. The zero-order valence-corrected chi connectivity index (χ0v) is 21.8. The van der Waals surface area contributed by atoms with Crippen molar-refractivity contribution in [3.8, 4) is 28.1 Å². The lowest BCUT2D eigenvalue weighted by atomic mass is 9.96. The van der Waals surface area contributed by atoms with Gasteiger partial charge in [-0.05, 0) is 73.7 Å². The van der Waals surface area contributed by atoms with Gasteiger partial charge < -0.3 is 15.0 Å². The second-order valence-electron chi connectivity index (χ2n) is 9.23. The lowest BCUT2D eigenvalue weighted by molar-refractivity contribution is 0.102. The molecule has 1 aromatic heterocycles. The Morgan fingerprint density at radius 1 is 0.865 bits per heavy atom. The van der Waals surface area contributed by atoms with Crippen molar-refractivity contribution in [1.29, 1.82) is 0 Å². The van der Waals surface area contributed by atoms with E-state index in [2.05, 4.69) is 29.4 Å². The van der Waals surface area contributed by atoms with Gasteiger partial charge in [-0.25, -0.2) is 0 Å². The highest BCUT2D eigenvalue weighted by atomic mass is 16.5. The number of carbonyl (C=O) groups excluding carboxylic acids is 1. The molecular weight excluding hydrogens is 460 g/mol. The molecule has 0 saturated heterocycles. The highest BCUT2D eigenvalue weighted by Gasteiger charge is 2.20. The first-order chi connectivity index (χ1) is 18.0. The predicted molar refractivity (Wildman–Crippen MR) is 151 cm³/mol. The number of ether oxygens (including phenoxy) is 1. The first-order valence-corrected chi connectivity index (χ1v) is 13.0. The minimum absolute atomic E-state index is 0.0812. The quantitative estimate of drug-likeness (QED) is 0.226. The molecule has 4 rings (SSSR count). The van der Waals surface area contributed by atoms with Gasteiger partial charge in [0.2, 0.25) is 0 Å². The van der Waals surface area contributed by atoms with Crippen molar-refractivity contribution in [2.24, 2.45) is 0 Å². The molecule has 1 heterocycles. The summed E-state index contributed by atoms with van der Waals surface area (Å²) in [5.41, 5.74) is 5.62. The Morgan fingerprint density at radius 2 is 1.54 bits per heavy atom. The van der Waals surface area contributed by atoms with Crippen molar-refractivity contribution in [3.05, 3.63) is 106 Å². The molecule has 4 aromatic rings. The topological polar surface area (TPSA) is 71.2 Å². The number of anilines is 1. The molecule has 5 nitrogen and oxygen atoms in total. The van der Waals surface area contributed by atoms with Crippen LogP contribution < -0.4 is 15.6 Å². The third kappa shape index (κ3) is 6.56. The first-order valence-electron chi connectivity index (χ1n) is 13.0. The lowest BCUT2D eigenvalue weighted by Crippen LogP contribution is -2.25. The molecule has 0 aliphatic rings. The number of pyridine rings is 1. The average Bonchev–Trinajstić information content (AvgIpc) is 2.90. The van der Waals surface area contributed by atoms with Crippen LogP contribution in [0.2, 0.25) is 0 Å². The number of nitrogens with one attached hydrogen (secondary N) is 2. The van der Waals surface area contributed by atoms with E-state index in [4.69, 9.17) is 4.74 Å². The number of unbranched alkanes of at least 4 members (excludes halogenated alkanes) is 2. The van der Waals surface area contributed by atoms with E-state index in [0.29, 0.717) is 23.6 Å². The summed E-state index contributed by atoms with van der Waals surface area (Å²) in [6.07, 6.45) is 4.63. The molecule has 0 atom stereocenters. The maximum atomic E-state index is 13.4. The van der Waals surface area contributed by atoms with E-state index in [9.17, 15) is 9.59 Å². The molecule has 190 valence electrons. The zero-order chi connectivity index (χ0) is 26.2. The number of benzene rings is 3. The van der Waals surface area contributed by atoms with Crippen LogP contribution in [0.15, 0.2) is 83.7 Å². The van der Waals surface area contributed by atoms with Crippen LogP contribution in [0.4, 0.5) is 5.69 Å². The molecule has 0 fully saturated rings. The molecule has 0 bridgehead atoms. The van der Waals surface area contributed by atoms with Crippen molar-refractivity contribution in [2.75, 3.05) is 11.9 Å². The van der Waals surface area contributed by atoms with E-state index in [0.717, 1.165) is 28.9 Å². The van der Waals surface area contributed by atoms with E-state index in [1.807, 2.05) is 56.3 Å². The van der Waals surface area contributed by atoms with Crippen LogP contribution in [0.3, 0.4) is 0 Å². The SMILES string of the molecule is CCCCCc1ccc(-c2cc(-c3ccc(C)cc3)c(C(=O)Nc3ccc(OCC)cc3)c(=O)[nH]2)cc1. The summed E-state index contributed by atoms with van der Waals surface area (Å²) in [6, 6.07) is 25.1. The largest absolute Gasteiger partial charge is 0.494 e. The first kappa shape index (κ1) is 26.0. The maximum absolute atomic E-state index is 13.4. The van der Waals surface area contributed by atoms with E-state index in [-0.39, 0.29) is 5.56 Å². The number of aromatic amines is 1. The smallest absolute Gasteiger partial charge is 0.261 e. The van der Waals surface area contributed by atoms with Gasteiger partial charge in [-0.3, -0.25) is 9.59 Å². The molecule has 3 aromatic carbocycles.